The van der Waals surface area contributed by atoms with E-state index in [1.165, 1.54) is 16.5 Å². The number of likely N-dealkylation sites (tertiary alicyclic amines) is 1. The van der Waals surface area contributed by atoms with Gasteiger partial charge in [0.2, 0.25) is 5.88 Å². The molecule has 140 valence electrons. The molecule has 0 spiro atoms. The summed E-state index contributed by atoms with van der Waals surface area (Å²) in [5, 5.41) is 4.27. The van der Waals surface area contributed by atoms with E-state index < -0.39 is 0 Å². The number of aromatic nitrogens is 2. The molecular formula is C21H24N4O2. The maximum Gasteiger partial charge on any atom is 0.321 e. The van der Waals surface area contributed by atoms with Gasteiger partial charge in [-0.05, 0) is 43.4 Å². The second-order valence-electron chi connectivity index (χ2n) is 6.97. The number of pyridine rings is 1. The van der Waals surface area contributed by atoms with E-state index >= 15 is 0 Å². The van der Waals surface area contributed by atoms with Crippen molar-refractivity contribution in [2.24, 2.45) is 0 Å². The van der Waals surface area contributed by atoms with Crippen molar-refractivity contribution in [1.82, 2.24) is 14.9 Å². The molecule has 6 nitrogen and oxygen atoms in total. The number of ether oxygens (including phenoxy) is 1. The Hall–Kier alpha value is -3.02. The number of urea groups is 1. The number of carbonyl (C=O) groups is 1. The Balaban J connectivity index is 1.39. The quantitative estimate of drug-likeness (QED) is 0.728. The van der Waals surface area contributed by atoms with E-state index in [0.29, 0.717) is 11.8 Å². The van der Waals surface area contributed by atoms with Gasteiger partial charge in [-0.25, -0.2) is 9.78 Å². The number of hydrogen-bond donors (Lipinski definition) is 2. The van der Waals surface area contributed by atoms with E-state index in [9.17, 15) is 4.79 Å². The fourth-order valence-corrected chi connectivity index (χ4v) is 3.80. The zero-order chi connectivity index (χ0) is 18.8. The van der Waals surface area contributed by atoms with E-state index in [-0.39, 0.29) is 6.03 Å². The number of piperidine rings is 1. The summed E-state index contributed by atoms with van der Waals surface area (Å²) >= 11 is 0. The normalized spacial score (nSPS) is 15.1. The SMILES string of the molecule is COc1ccc(NC(=O)N2CCC(c3c[nH]c4ccccc34)CC2)c(C)n1. The van der Waals surface area contributed by atoms with Gasteiger partial charge in [0.1, 0.15) is 0 Å². The Morgan fingerprint density at radius 2 is 2.00 bits per heavy atom. The molecule has 4 rings (SSSR count). The second kappa shape index (κ2) is 7.31. The number of amides is 2. The highest BCUT2D eigenvalue weighted by molar-refractivity contribution is 5.90. The summed E-state index contributed by atoms with van der Waals surface area (Å²) in [5.41, 5.74) is 4.01. The summed E-state index contributed by atoms with van der Waals surface area (Å²) in [7, 11) is 1.58. The number of H-pyrrole nitrogens is 1. The first kappa shape index (κ1) is 17.4. The van der Waals surface area contributed by atoms with Gasteiger partial charge in [0.25, 0.3) is 0 Å². The van der Waals surface area contributed by atoms with Gasteiger partial charge in [-0.2, -0.15) is 0 Å². The molecule has 3 aromatic rings. The third kappa shape index (κ3) is 3.47. The Kier molecular flexibility index (Phi) is 4.71. The van der Waals surface area contributed by atoms with E-state index in [0.717, 1.165) is 37.3 Å². The molecule has 1 aromatic carbocycles. The van der Waals surface area contributed by atoms with Crippen molar-refractivity contribution >= 4 is 22.6 Å². The monoisotopic (exact) mass is 364 g/mol. The molecule has 1 aliphatic heterocycles. The highest BCUT2D eigenvalue weighted by Gasteiger charge is 2.25. The van der Waals surface area contributed by atoms with Crippen LogP contribution in [-0.4, -0.2) is 41.1 Å². The van der Waals surface area contributed by atoms with Crippen LogP contribution >= 0.6 is 0 Å². The summed E-state index contributed by atoms with van der Waals surface area (Å²) in [6.45, 7) is 3.36. The van der Waals surface area contributed by atoms with Crippen molar-refractivity contribution in [2.45, 2.75) is 25.7 Å². The predicted molar refractivity (Wildman–Crippen MR) is 106 cm³/mol. The van der Waals surface area contributed by atoms with Crippen LogP contribution in [0.5, 0.6) is 5.88 Å². The molecular weight excluding hydrogens is 340 g/mol. The van der Waals surface area contributed by atoms with Crippen molar-refractivity contribution in [3.63, 3.8) is 0 Å². The van der Waals surface area contributed by atoms with Crippen molar-refractivity contribution in [3.05, 3.63) is 53.9 Å². The lowest BCUT2D eigenvalue weighted by atomic mass is 9.89. The molecule has 0 unspecified atom stereocenters. The summed E-state index contributed by atoms with van der Waals surface area (Å²) < 4.78 is 5.11. The number of nitrogens with one attached hydrogen (secondary N) is 2. The van der Waals surface area contributed by atoms with Gasteiger partial charge < -0.3 is 19.9 Å². The van der Waals surface area contributed by atoms with Gasteiger partial charge in [0, 0.05) is 36.3 Å². The number of para-hydroxylation sites is 1. The van der Waals surface area contributed by atoms with Crippen LogP contribution < -0.4 is 10.1 Å². The molecule has 27 heavy (non-hydrogen) atoms. The van der Waals surface area contributed by atoms with Crippen LogP contribution in [0.25, 0.3) is 10.9 Å². The molecule has 0 bridgehead atoms. The second-order valence-corrected chi connectivity index (χ2v) is 6.97. The number of fused-ring (bicyclic) bond motifs is 1. The standard InChI is InChI=1S/C21H24N4O2/c1-14-18(7-8-20(23-14)27-2)24-21(26)25-11-9-15(10-12-25)17-13-22-19-6-4-3-5-16(17)19/h3-8,13,15,22H,9-12H2,1-2H3,(H,24,26). The molecule has 2 aromatic heterocycles. The smallest absolute Gasteiger partial charge is 0.321 e. The topological polar surface area (TPSA) is 70.2 Å². The summed E-state index contributed by atoms with van der Waals surface area (Å²) in [5.74, 6) is 1.03. The van der Waals surface area contributed by atoms with E-state index in [1.54, 1.807) is 13.2 Å². The van der Waals surface area contributed by atoms with Crippen molar-refractivity contribution in [3.8, 4) is 5.88 Å². The highest BCUT2D eigenvalue weighted by atomic mass is 16.5. The molecule has 2 amide bonds. The number of benzene rings is 1. The average molecular weight is 364 g/mol. The lowest BCUT2D eigenvalue weighted by Crippen LogP contribution is -2.40. The zero-order valence-corrected chi connectivity index (χ0v) is 15.7. The summed E-state index contributed by atoms with van der Waals surface area (Å²) in [4.78, 5) is 22.2. The molecule has 1 aliphatic rings. The largest absolute Gasteiger partial charge is 0.481 e. The van der Waals surface area contributed by atoms with Gasteiger partial charge in [0.15, 0.2) is 0 Å². The Morgan fingerprint density at radius 3 is 2.74 bits per heavy atom. The molecule has 1 fully saturated rings. The summed E-state index contributed by atoms with van der Waals surface area (Å²) in [6, 6.07) is 11.9. The van der Waals surface area contributed by atoms with Crippen LogP contribution in [0.1, 0.15) is 30.0 Å². The Labute approximate surface area is 158 Å². The van der Waals surface area contributed by atoms with Crippen LogP contribution in [0.15, 0.2) is 42.6 Å². The molecule has 0 saturated carbocycles. The van der Waals surface area contributed by atoms with Crippen molar-refractivity contribution in [2.75, 3.05) is 25.5 Å². The van der Waals surface area contributed by atoms with Gasteiger partial charge >= 0.3 is 6.03 Å². The van der Waals surface area contributed by atoms with E-state index in [4.69, 9.17) is 4.74 Å². The number of aromatic amines is 1. The third-order valence-corrected chi connectivity index (χ3v) is 5.35. The minimum Gasteiger partial charge on any atom is -0.481 e. The molecule has 1 saturated heterocycles. The van der Waals surface area contributed by atoms with Crippen LogP contribution in [0.2, 0.25) is 0 Å². The van der Waals surface area contributed by atoms with Gasteiger partial charge in [-0.1, -0.05) is 18.2 Å². The molecule has 2 N–H and O–H groups in total. The first-order valence-electron chi connectivity index (χ1n) is 9.29. The first-order chi connectivity index (χ1) is 13.2. The van der Waals surface area contributed by atoms with Gasteiger partial charge in [0.05, 0.1) is 18.5 Å². The van der Waals surface area contributed by atoms with E-state index in [2.05, 4.69) is 39.7 Å². The number of carbonyl (C=O) groups excluding carboxylic acids is 1. The first-order valence-corrected chi connectivity index (χ1v) is 9.29. The fourth-order valence-electron chi connectivity index (χ4n) is 3.80. The van der Waals surface area contributed by atoms with Crippen molar-refractivity contribution in [1.29, 1.82) is 0 Å². The lowest BCUT2D eigenvalue weighted by molar-refractivity contribution is 0.194. The maximum absolute atomic E-state index is 12.6. The van der Waals surface area contributed by atoms with Gasteiger partial charge in [-0.3, -0.25) is 0 Å². The maximum atomic E-state index is 12.6. The molecule has 0 radical (unpaired) electrons. The average Bonchev–Trinajstić information content (AvgIpc) is 3.13. The van der Waals surface area contributed by atoms with Crippen LogP contribution in [-0.2, 0) is 0 Å². The number of methoxy groups -OCH3 is 1. The number of rotatable bonds is 3. The number of hydrogen-bond acceptors (Lipinski definition) is 3. The van der Waals surface area contributed by atoms with Gasteiger partial charge in [-0.15, -0.1) is 0 Å². The van der Waals surface area contributed by atoms with Crippen LogP contribution in [0.4, 0.5) is 10.5 Å². The number of anilines is 1. The third-order valence-electron chi connectivity index (χ3n) is 5.35. The van der Waals surface area contributed by atoms with Crippen LogP contribution in [0.3, 0.4) is 0 Å². The molecule has 6 heteroatoms. The molecule has 0 aliphatic carbocycles. The van der Waals surface area contributed by atoms with E-state index in [1.807, 2.05) is 24.0 Å². The molecule has 3 heterocycles. The number of nitrogens with zero attached hydrogens (tertiary/aromatic N) is 2. The Bertz CT molecular complexity index is 958. The highest BCUT2D eigenvalue weighted by Crippen LogP contribution is 2.33. The zero-order valence-electron chi connectivity index (χ0n) is 15.7. The Morgan fingerprint density at radius 1 is 1.22 bits per heavy atom. The predicted octanol–water partition coefficient (Wildman–Crippen LogP) is 4.29. The number of aryl methyl sites for hydroxylation is 1. The van der Waals surface area contributed by atoms with Crippen molar-refractivity contribution < 1.29 is 9.53 Å². The minimum absolute atomic E-state index is 0.0672. The molecule has 0 atom stereocenters. The minimum atomic E-state index is -0.0672. The summed E-state index contributed by atoms with van der Waals surface area (Å²) in [6.07, 6.45) is 4.06. The fraction of sp³-hybridized carbons (Fsp3) is 0.333. The lowest BCUT2D eigenvalue weighted by Gasteiger charge is -2.32. The van der Waals surface area contributed by atoms with Crippen LogP contribution in [0, 0.1) is 6.92 Å².